The van der Waals surface area contributed by atoms with Gasteiger partial charge in [-0.1, -0.05) is 25.1 Å². The molecule has 0 bridgehead atoms. The van der Waals surface area contributed by atoms with Crippen LogP contribution in [0.5, 0.6) is 0 Å². The first-order valence-corrected chi connectivity index (χ1v) is 9.13. The van der Waals surface area contributed by atoms with E-state index in [0.717, 1.165) is 12.1 Å². The van der Waals surface area contributed by atoms with E-state index in [2.05, 4.69) is 20.6 Å². The summed E-state index contributed by atoms with van der Waals surface area (Å²) in [7, 11) is 0. The van der Waals surface area contributed by atoms with Gasteiger partial charge in [0, 0.05) is 23.2 Å². The fraction of sp³-hybridized carbons (Fsp3) is 0.500. The van der Waals surface area contributed by atoms with Gasteiger partial charge in [0.1, 0.15) is 0 Å². The van der Waals surface area contributed by atoms with Gasteiger partial charge in [-0.05, 0) is 20.3 Å². The number of nitrogens with zero attached hydrogens (tertiary/aromatic N) is 1. The number of carbonyl (C=O) groups is 2. The molecule has 0 fully saturated rings. The highest BCUT2D eigenvalue weighted by Gasteiger charge is 2.29. The number of urea groups is 1. The zero-order chi connectivity index (χ0) is 18.4. The molecule has 0 saturated heterocycles. The van der Waals surface area contributed by atoms with Crippen LogP contribution in [0.1, 0.15) is 32.9 Å². The number of aromatic nitrogens is 2. The van der Waals surface area contributed by atoms with Crippen molar-refractivity contribution in [3.63, 3.8) is 0 Å². The maximum Gasteiger partial charge on any atom is 0.337 e. The van der Waals surface area contributed by atoms with Crippen LogP contribution in [-0.2, 0) is 16.0 Å². The van der Waals surface area contributed by atoms with Crippen molar-refractivity contribution in [2.75, 3.05) is 12.4 Å². The Bertz CT molecular complexity index is 744. The Labute approximate surface area is 149 Å². The third kappa shape index (κ3) is 5.09. The van der Waals surface area contributed by atoms with E-state index in [4.69, 9.17) is 4.74 Å². The molecule has 0 spiro atoms. The van der Waals surface area contributed by atoms with E-state index in [1.54, 1.807) is 13.8 Å². The van der Waals surface area contributed by atoms with Crippen molar-refractivity contribution in [2.45, 2.75) is 44.8 Å². The molecule has 0 unspecified atom stereocenters. The quantitative estimate of drug-likeness (QED) is 0.381. The van der Waals surface area contributed by atoms with E-state index in [-0.39, 0.29) is 24.0 Å². The molecule has 2 heterocycles. The van der Waals surface area contributed by atoms with E-state index in [1.165, 1.54) is 17.8 Å². The molecule has 2 rings (SSSR count). The summed E-state index contributed by atoms with van der Waals surface area (Å²) >= 11 is 1.25. The van der Waals surface area contributed by atoms with Gasteiger partial charge in [0.15, 0.2) is 5.16 Å². The van der Waals surface area contributed by atoms with E-state index in [9.17, 15) is 14.4 Å². The summed E-state index contributed by atoms with van der Waals surface area (Å²) in [5, 5.41) is 5.74. The summed E-state index contributed by atoms with van der Waals surface area (Å²) in [4.78, 5) is 42.7. The predicted molar refractivity (Wildman–Crippen MR) is 94.4 cm³/mol. The van der Waals surface area contributed by atoms with Gasteiger partial charge in [-0.2, -0.15) is 0 Å². The zero-order valence-electron chi connectivity index (χ0n) is 14.5. The van der Waals surface area contributed by atoms with Gasteiger partial charge in [-0.25, -0.2) is 14.6 Å². The monoisotopic (exact) mass is 366 g/mol. The Morgan fingerprint density at radius 3 is 2.80 bits per heavy atom. The molecule has 0 aromatic carbocycles. The number of esters is 1. The van der Waals surface area contributed by atoms with Gasteiger partial charge in [0.2, 0.25) is 0 Å². The van der Waals surface area contributed by atoms with Gasteiger partial charge in [0.05, 0.1) is 18.2 Å². The second-order valence-electron chi connectivity index (χ2n) is 5.51. The lowest BCUT2D eigenvalue weighted by Gasteiger charge is -2.26. The number of nitrogens with one attached hydrogen (secondary N) is 3. The molecular formula is C16H22N4O4S. The molecule has 0 radical (unpaired) electrons. The summed E-state index contributed by atoms with van der Waals surface area (Å²) in [6.07, 6.45) is 1.60. The van der Waals surface area contributed by atoms with Crippen LogP contribution >= 0.6 is 11.8 Å². The van der Waals surface area contributed by atoms with Crippen LogP contribution in [0.2, 0.25) is 0 Å². The molecule has 2 amide bonds. The minimum atomic E-state index is -0.473. The van der Waals surface area contributed by atoms with E-state index < -0.39 is 12.0 Å². The Morgan fingerprint density at radius 2 is 2.12 bits per heavy atom. The number of carbonyl (C=O) groups excluding carboxylic acids is 2. The van der Waals surface area contributed by atoms with Crippen molar-refractivity contribution in [2.24, 2.45) is 0 Å². The highest BCUT2D eigenvalue weighted by Crippen LogP contribution is 2.21. The summed E-state index contributed by atoms with van der Waals surface area (Å²) in [5.41, 5.74) is 1.34. The first-order valence-electron chi connectivity index (χ1n) is 8.15. The maximum absolute atomic E-state index is 12.2. The first kappa shape index (κ1) is 19.0. The molecule has 0 aliphatic carbocycles. The third-order valence-corrected chi connectivity index (χ3v) is 4.40. The molecule has 1 atom stereocenters. The topological polar surface area (TPSA) is 113 Å². The average Bonchev–Trinajstić information content (AvgIpc) is 2.52. The molecule has 0 saturated carbocycles. The standard InChI is InChI=1S/C16H22N4O4S/c1-4-6-10-7-12(21)20-16(18-10)25-8-11-13(14(22)24-5-2)9(3)17-15(23)19-11/h7,9H,4-6,8H2,1-3H3,(H2,17,19,23)(H,18,20,21)/t9-/m0/s1. The SMILES string of the molecule is CCCc1cc(=O)[nH]c(SCC2=C(C(=O)OCC)[C@H](C)NC(=O)N2)n1. The smallest absolute Gasteiger partial charge is 0.337 e. The lowest BCUT2D eigenvalue weighted by atomic mass is 10.1. The Balaban J connectivity index is 2.23. The second-order valence-corrected chi connectivity index (χ2v) is 6.48. The molecule has 1 aliphatic rings. The van der Waals surface area contributed by atoms with Crippen LogP contribution in [0.4, 0.5) is 4.79 Å². The van der Waals surface area contributed by atoms with Crippen LogP contribution in [-0.4, -0.2) is 40.4 Å². The number of aromatic amines is 1. The van der Waals surface area contributed by atoms with Crippen LogP contribution in [0.25, 0.3) is 0 Å². The highest BCUT2D eigenvalue weighted by atomic mass is 32.2. The number of hydrogen-bond donors (Lipinski definition) is 3. The van der Waals surface area contributed by atoms with E-state index in [1.807, 2.05) is 6.92 Å². The predicted octanol–water partition coefficient (Wildman–Crippen LogP) is 1.33. The Hall–Kier alpha value is -2.29. The summed E-state index contributed by atoms with van der Waals surface area (Å²) in [6.45, 7) is 5.70. The lowest BCUT2D eigenvalue weighted by Crippen LogP contribution is -2.49. The summed E-state index contributed by atoms with van der Waals surface area (Å²) in [6, 6.07) is 0.643. The normalized spacial score (nSPS) is 17.1. The van der Waals surface area contributed by atoms with Gasteiger partial charge >= 0.3 is 12.0 Å². The van der Waals surface area contributed by atoms with Crippen molar-refractivity contribution >= 4 is 23.8 Å². The number of hydrogen-bond acceptors (Lipinski definition) is 6. The van der Waals surface area contributed by atoms with E-state index >= 15 is 0 Å². The number of ether oxygens (including phenoxy) is 1. The molecule has 1 aromatic rings. The zero-order valence-corrected chi connectivity index (χ0v) is 15.3. The molecule has 8 nitrogen and oxygen atoms in total. The van der Waals surface area contributed by atoms with Gasteiger partial charge < -0.3 is 20.4 Å². The molecule has 25 heavy (non-hydrogen) atoms. The highest BCUT2D eigenvalue weighted by molar-refractivity contribution is 7.99. The molecule has 136 valence electrons. The number of aryl methyl sites for hydroxylation is 1. The Kier molecular flexibility index (Phi) is 6.63. The molecule has 3 N–H and O–H groups in total. The minimum Gasteiger partial charge on any atom is -0.463 e. The van der Waals surface area contributed by atoms with Crippen LogP contribution in [0, 0.1) is 0 Å². The number of rotatable bonds is 7. The number of amides is 2. The van der Waals surface area contributed by atoms with Gasteiger partial charge in [0.25, 0.3) is 5.56 Å². The third-order valence-electron chi connectivity index (χ3n) is 3.50. The van der Waals surface area contributed by atoms with Crippen LogP contribution in [0.15, 0.2) is 27.3 Å². The molecular weight excluding hydrogens is 344 g/mol. The molecule has 1 aliphatic heterocycles. The van der Waals surface area contributed by atoms with Gasteiger partial charge in [-0.3, -0.25) is 4.79 Å². The summed E-state index contributed by atoms with van der Waals surface area (Å²) < 4.78 is 5.07. The Morgan fingerprint density at radius 1 is 1.36 bits per heavy atom. The van der Waals surface area contributed by atoms with Crippen LogP contribution in [0.3, 0.4) is 0 Å². The number of thioether (sulfide) groups is 1. The first-order chi connectivity index (χ1) is 11.9. The average molecular weight is 366 g/mol. The molecule has 9 heteroatoms. The van der Waals surface area contributed by atoms with Crippen molar-refractivity contribution in [1.29, 1.82) is 0 Å². The number of H-pyrrole nitrogens is 1. The van der Waals surface area contributed by atoms with E-state index in [0.29, 0.717) is 22.8 Å². The van der Waals surface area contributed by atoms with Crippen molar-refractivity contribution in [3.05, 3.63) is 33.4 Å². The van der Waals surface area contributed by atoms with Crippen LogP contribution < -0.4 is 16.2 Å². The largest absolute Gasteiger partial charge is 0.463 e. The second kappa shape index (κ2) is 8.70. The maximum atomic E-state index is 12.2. The summed E-state index contributed by atoms with van der Waals surface area (Å²) in [5.74, 6) is -0.191. The minimum absolute atomic E-state index is 0.219. The van der Waals surface area contributed by atoms with Gasteiger partial charge in [-0.15, -0.1) is 0 Å². The van der Waals surface area contributed by atoms with Crippen molar-refractivity contribution < 1.29 is 14.3 Å². The fourth-order valence-electron chi connectivity index (χ4n) is 2.47. The molecule has 1 aromatic heterocycles. The fourth-order valence-corrected chi connectivity index (χ4v) is 3.33. The van der Waals surface area contributed by atoms with Crippen molar-refractivity contribution in [3.8, 4) is 0 Å². The van der Waals surface area contributed by atoms with Crippen molar-refractivity contribution in [1.82, 2.24) is 20.6 Å². The lowest BCUT2D eigenvalue weighted by molar-refractivity contribution is -0.138.